The van der Waals surface area contributed by atoms with E-state index in [1.807, 2.05) is 48.5 Å². The minimum atomic E-state index is -0.432. The number of carbonyl (C=O) groups is 1. The number of anilines is 1. The maximum absolute atomic E-state index is 12.1. The Balaban J connectivity index is 2.13. The first-order chi connectivity index (χ1) is 9.31. The molecule has 98 valence electrons. The first kappa shape index (κ1) is 13.4. The fraction of sp³-hybridized carbons (Fsp3) is 0.133. The van der Waals surface area contributed by atoms with Crippen molar-refractivity contribution in [2.24, 2.45) is 0 Å². The Bertz CT molecular complexity index is 516. The van der Waals surface area contributed by atoms with Crippen LogP contribution in [-0.2, 0) is 0 Å². The van der Waals surface area contributed by atoms with Crippen molar-refractivity contribution in [1.82, 2.24) is 0 Å². The molecule has 0 aromatic heterocycles. The standard InChI is InChI=1S/C15H14ClNO2/c16-11-12-17(13-7-3-1-4-8-13)15(18)19-14-9-5-2-6-10-14/h1-10H,11-12H2. The van der Waals surface area contributed by atoms with E-state index in [4.69, 9.17) is 16.3 Å². The van der Waals surface area contributed by atoms with E-state index < -0.39 is 6.09 Å². The molecule has 0 radical (unpaired) electrons. The van der Waals surface area contributed by atoms with Crippen molar-refractivity contribution in [1.29, 1.82) is 0 Å². The van der Waals surface area contributed by atoms with E-state index in [-0.39, 0.29) is 0 Å². The predicted octanol–water partition coefficient (Wildman–Crippen LogP) is 3.93. The summed E-state index contributed by atoms with van der Waals surface area (Å²) >= 11 is 5.74. The van der Waals surface area contributed by atoms with E-state index in [0.29, 0.717) is 18.2 Å². The van der Waals surface area contributed by atoms with Crippen LogP contribution in [0.15, 0.2) is 60.7 Å². The molecule has 3 nitrogen and oxygen atoms in total. The first-order valence-electron chi connectivity index (χ1n) is 5.96. The lowest BCUT2D eigenvalue weighted by Gasteiger charge is -2.20. The number of amides is 1. The summed E-state index contributed by atoms with van der Waals surface area (Å²) in [5.41, 5.74) is 0.768. The lowest BCUT2D eigenvalue weighted by atomic mass is 10.3. The Morgan fingerprint density at radius 1 is 1.00 bits per heavy atom. The van der Waals surface area contributed by atoms with E-state index in [1.165, 1.54) is 4.90 Å². The molecule has 2 aromatic rings. The van der Waals surface area contributed by atoms with Crippen LogP contribution in [0, 0.1) is 0 Å². The second kappa shape index (κ2) is 6.81. The van der Waals surface area contributed by atoms with Gasteiger partial charge in [0.1, 0.15) is 5.75 Å². The minimum Gasteiger partial charge on any atom is -0.410 e. The molecule has 0 fully saturated rings. The van der Waals surface area contributed by atoms with Crippen LogP contribution in [0.4, 0.5) is 10.5 Å². The maximum Gasteiger partial charge on any atom is 0.419 e. The molecular formula is C15H14ClNO2. The van der Waals surface area contributed by atoms with E-state index in [2.05, 4.69) is 0 Å². The second-order valence-electron chi connectivity index (χ2n) is 3.86. The Morgan fingerprint density at radius 2 is 1.58 bits per heavy atom. The van der Waals surface area contributed by atoms with Crippen LogP contribution in [0.25, 0.3) is 0 Å². The summed E-state index contributed by atoms with van der Waals surface area (Å²) in [4.78, 5) is 13.7. The molecule has 1 amide bonds. The minimum absolute atomic E-state index is 0.346. The normalized spacial score (nSPS) is 9.95. The number of para-hydroxylation sites is 2. The zero-order valence-corrected chi connectivity index (χ0v) is 11.1. The van der Waals surface area contributed by atoms with E-state index >= 15 is 0 Å². The molecule has 4 heteroatoms. The smallest absolute Gasteiger partial charge is 0.410 e. The van der Waals surface area contributed by atoms with Gasteiger partial charge in [-0.15, -0.1) is 11.6 Å². The topological polar surface area (TPSA) is 29.5 Å². The molecule has 0 aliphatic carbocycles. The maximum atomic E-state index is 12.1. The monoisotopic (exact) mass is 275 g/mol. The highest BCUT2D eigenvalue weighted by Gasteiger charge is 2.16. The van der Waals surface area contributed by atoms with Crippen molar-refractivity contribution in [2.75, 3.05) is 17.3 Å². The van der Waals surface area contributed by atoms with Crippen LogP contribution in [0.5, 0.6) is 5.75 Å². The van der Waals surface area contributed by atoms with Gasteiger partial charge in [0.2, 0.25) is 0 Å². The summed E-state index contributed by atoms with van der Waals surface area (Å²) in [5.74, 6) is 0.863. The molecule has 0 aliphatic heterocycles. The first-order valence-corrected chi connectivity index (χ1v) is 6.50. The molecule has 19 heavy (non-hydrogen) atoms. The number of hydrogen-bond acceptors (Lipinski definition) is 2. The Labute approximate surface area is 117 Å². The zero-order chi connectivity index (χ0) is 13.5. The predicted molar refractivity (Wildman–Crippen MR) is 77.0 cm³/mol. The molecule has 0 N–H and O–H groups in total. The molecule has 2 rings (SSSR count). The highest BCUT2D eigenvalue weighted by molar-refractivity contribution is 6.18. The second-order valence-corrected chi connectivity index (χ2v) is 4.24. The molecule has 0 aliphatic rings. The van der Waals surface area contributed by atoms with Crippen LogP contribution in [0.2, 0.25) is 0 Å². The number of halogens is 1. The highest BCUT2D eigenvalue weighted by Crippen LogP contribution is 2.17. The highest BCUT2D eigenvalue weighted by atomic mass is 35.5. The number of nitrogens with zero attached hydrogens (tertiary/aromatic N) is 1. The number of rotatable bonds is 4. The summed E-state index contributed by atoms with van der Waals surface area (Å²) in [6, 6.07) is 18.3. The van der Waals surface area contributed by atoms with Gasteiger partial charge in [0.15, 0.2) is 0 Å². The Morgan fingerprint density at radius 3 is 2.16 bits per heavy atom. The van der Waals surface area contributed by atoms with E-state index in [9.17, 15) is 4.79 Å². The molecule has 2 aromatic carbocycles. The van der Waals surface area contributed by atoms with Gasteiger partial charge in [-0.05, 0) is 24.3 Å². The van der Waals surface area contributed by atoms with Crippen molar-refractivity contribution in [3.63, 3.8) is 0 Å². The third-order valence-corrected chi connectivity index (χ3v) is 2.71. The van der Waals surface area contributed by atoms with Gasteiger partial charge in [0.05, 0.1) is 0 Å². The third-order valence-electron chi connectivity index (χ3n) is 2.54. The SMILES string of the molecule is O=C(Oc1ccccc1)N(CCCl)c1ccccc1. The van der Waals surface area contributed by atoms with Gasteiger partial charge in [-0.25, -0.2) is 4.79 Å². The summed E-state index contributed by atoms with van der Waals surface area (Å²) in [5, 5.41) is 0. The third kappa shape index (κ3) is 3.73. The van der Waals surface area contributed by atoms with Crippen LogP contribution in [0.3, 0.4) is 0 Å². The fourth-order valence-electron chi connectivity index (χ4n) is 1.66. The van der Waals surface area contributed by atoms with Gasteiger partial charge < -0.3 is 4.74 Å². The fourth-order valence-corrected chi connectivity index (χ4v) is 1.83. The summed E-state index contributed by atoms with van der Waals surface area (Å²) in [6.45, 7) is 0.400. The van der Waals surface area contributed by atoms with Gasteiger partial charge >= 0.3 is 6.09 Å². The number of carbonyl (C=O) groups excluding carboxylic acids is 1. The van der Waals surface area contributed by atoms with Crippen molar-refractivity contribution in [3.05, 3.63) is 60.7 Å². The molecule has 0 saturated heterocycles. The quantitative estimate of drug-likeness (QED) is 0.791. The zero-order valence-electron chi connectivity index (χ0n) is 10.3. The summed E-state index contributed by atoms with van der Waals surface area (Å²) in [7, 11) is 0. The average molecular weight is 276 g/mol. The van der Waals surface area contributed by atoms with Crippen molar-refractivity contribution < 1.29 is 9.53 Å². The summed E-state index contributed by atoms with van der Waals surface area (Å²) < 4.78 is 5.31. The van der Waals surface area contributed by atoms with Crippen molar-refractivity contribution >= 4 is 23.4 Å². The van der Waals surface area contributed by atoms with Gasteiger partial charge in [0.25, 0.3) is 0 Å². The van der Waals surface area contributed by atoms with Gasteiger partial charge in [-0.1, -0.05) is 36.4 Å². The average Bonchev–Trinajstić information content (AvgIpc) is 2.46. The largest absolute Gasteiger partial charge is 0.419 e. The molecule has 0 heterocycles. The van der Waals surface area contributed by atoms with Crippen LogP contribution < -0.4 is 9.64 Å². The molecular weight excluding hydrogens is 262 g/mol. The molecule has 0 spiro atoms. The number of ether oxygens (including phenoxy) is 1. The van der Waals surface area contributed by atoms with Gasteiger partial charge in [0, 0.05) is 18.1 Å². The molecule has 0 bridgehead atoms. The summed E-state index contributed by atoms with van der Waals surface area (Å²) in [6.07, 6.45) is -0.432. The number of hydrogen-bond donors (Lipinski definition) is 0. The van der Waals surface area contributed by atoms with Gasteiger partial charge in [-0.2, -0.15) is 0 Å². The van der Waals surface area contributed by atoms with Crippen LogP contribution >= 0.6 is 11.6 Å². The molecule has 0 atom stereocenters. The Hall–Kier alpha value is -2.00. The lowest BCUT2D eigenvalue weighted by molar-refractivity contribution is 0.208. The van der Waals surface area contributed by atoms with Crippen molar-refractivity contribution in [2.45, 2.75) is 0 Å². The van der Waals surface area contributed by atoms with E-state index in [1.54, 1.807) is 12.1 Å². The van der Waals surface area contributed by atoms with E-state index in [0.717, 1.165) is 5.69 Å². The van der Waals surface area contributed by atoms with Gasteiger partial charge in [-0.3, -0.25) is 4.90 Å². The molecule has 0 saturated carbocycles. The van der Waals surface area contributed by atoms with Crippen LogP contribution in [0.1, 0.15) is 0 Å². The van der Waals surface area contributed by atoms with Crippen molar-refractivity contribution in [3.8, 4) is 5.75 Å². The molecule has 0 unspecified atom stereocenters. The lowest BCUT2D eigenvalue weighted by Crippen LogP contribution is -2.35. The Kier molecular flexibility index (Phi) is 4.81. The number of alkyl halides is 1. The van der Waals surface area contributed by atoms with Crippen LogP contribution in [-0.4, -0.2) is 18.5 Å². The number of benzene rings is 2.